The van der Waals surface area contributed by atoms with Crippen LogP contribution in [0.3, 0.4) is 0 Å². The lowest BCUT2D eigenvalue weighted by molar-refractivity contribution is 0.396. The Morgan fingerprint density at radius 2 is 1.77 bits per heavy atom. The number of hydrogen-bond donors (Lipinski definition) is 0. The molecule has 4 heterocycles. The fourth-order valence-electron chi connectivity index (χ4n) is 4.89. The monoisotopic (exact) mass is 462 g/mol. The first-order valence-electron chi connectivity index (χ1n) is 11.9. The van der Waals surface area contributed by atoms with E-state index in [2.05, 4.69) is 59.6 Å². The Kier molecular flexibility index (Phi) is 5.37. The molecule has 0 amide bonds. The van der Waals surface area contributed by atoms with Crippen molar-refractivity contribution in [3.8, 4) is 34.2 Å². The number of imidazole rings is 1. The average molecular weight is 463 g/mol. The van der Waals surface area contributed by atoms with Gasteiger partial charge in [-0.05, 0) is 48.6 Å². The molecule has 0 radical (unpaired) electrons. The first-order chi connectivity index (χ1) is 17.2. The van der Waals surface area contributed by atoms with Crippen molar-refractivity contribution in [2.75, 3.05) is 7.11 Å². The van der Waals surface area contributed by atoms with Crippen LogP contribution in [0.5, 0.6) is 5.88 Å². The molecule has 1 aliphatic rings. The zero-order valence-corrected chi connectivity index (χ0v) is 19.8. The lowest BCUT2D eigenvalue weighted by atomic mass is 9.86. The molecule has 1 unspecified atom stereocenters. The highest BCUT2D eigenvalue weighted by atomic mass is 16.5. The van der Waals surface area contributed by atoms with Gasteiger partial charge in [-0.3, -0.25) is 0 Å². The Balaban J connectivity index is 1.39. The topological polar surface area (TPSA) is 70.7 Å². The Hall–Kier alpha value is -4.26. The van der Waals surface area contributed by atoms with Crippen molar-refractivity contribution < 1.29 is 4.74 Å². The molecule has 7 nitrogen and oxygen atoms in total. The summed E-state index contributed by atoms with van der Waals surface area (Å²) in [5.41, 5.74) is 6.21. The maximum atomic E-state index is 5.61. The van der Waals surface area contributed by atoms with Crippen LogP contribution in [0.4, 0.5) is 0 Å². The van der Waals surface area contributed by atoms with Crippen LogP contribution in [0.15, 0.2) is 79.3 Å². The molecule has 174 valence electrons. The minimum absolute atomic E-state index is 0.177. The van der Waals surface area contributed by atoms with Crippen LogP contribution in [0, 0.1) is 6.92 Å². The van der Waals surface area contributed by atoms with Crippen molar-refractivity contribution in [3.05, 3.63) is 96.3 Å². The van der Waals surface area contributed by atoms with E-state index in [0.717, 1.165) is 36.6 Å². The molecule has 0 aliphatic carbocycles. The van der Waals surface area contributed by atoms with E-state index in [1.165, 1.54) is 16.7 Å². The number of fused-ring (bicyclic) bond motifs is 1. The third kappa shape index (κ3) is 3.89. The largest absolute Gasteiger partial charge is 0.479 e. The van der Waals surface area contributed by atoms with E-state index >= 15 is 0 Å². The molecule has 7 heteroatoms. The molecule has 1 aliphatic heterocycles. The van der Waals surface area contributed by atoms with Crippen LogP contribution in [0.25, 0.3) is 28.3 Å². The summed E-state index contributed by atoms with van der Waals surface area (Å²) in [5.74, 6) is 2.30. The molecule has 6 rings (SSSR count). The van der Waals surface area contributed by atoms with Crippen molar-refractivity contribution in [3.63, 3.8) is 0 Å². The molecule has 0 saturated carbocycles. The Bertz CT molecular complexity index is 1490. The highest BCUT2D eigenvalue weighted by molar-refractivity contribution is 5.68. The molecule has 0 saturated heterocycles. The normalized spacial score (nSPS) is 15.1. The number of pyridine rings is 1. The Morgan fingerprint density at radius 3 is 2.57 bits per heavy atom. The van der Waals surface area contributed by atoms with Gasteiger partial charge < -0.3 is 9.30 Å². The third-order valence-corrected chi connectivity index (χ3v) is 6.55. The van der Waals surface area contributed by atoms with Crippen LogP contribution >= 0.6 is 0 Å². The number of methoxy groups -OCH3 is 1. The second-order valence-electron chi connectivity index (χ2n) is 8.81. The first kappa shape index (κ1) is 21.3. The summed E-state index contributed by atoms with van der Waals surface area (Å²) in [4.78, 5) is 14.1. The molecule has 5 aromatic rings. The number of benzene rings is 2. The maximum absolute atomic E-state index is 5.61. The van der Waals surface area contributed by atoms with E-state index in [4.69, 9.17) is 19.8 Å². The molecule has 0 bridgehead atoms. The van der Waals surface area contributed by atoms with Crippen molar-refractivity contribution in [2.24, 2.45) is 0 Å². The van der Waals surface area contributed by atoms with Crippen LogP contribution in [-0.2, 0) is 6.54 Å². The average Bonchev–Trinajstić information content (AvgIpc) is 3.55. The maximum Gasteiger partial charge on any atom is 0.238 e. The molecule has 2 aromatic carbocycles. The smallest absolute Gasteiger partial charge is 0.238 e. The molecule has 1 atom stereocenters. The van der Waals surface area contributed by atoms with E-state index < -0.39 is 0 Å². The van der Waals surface area contributed by atoms with Gasteiger partial charge in [-0.25, -0.2) is 19.6 Å². The van der Waals surface area contributed by atoms with E-state index in [9.17, 15) is 0 Å². The lowest BCUT2D eigenvalue weighted by Gasteiger charge is -2.24. The summed E-state index contributed by atoms with van der Waals surface area (Å²) in [6.07, 6.45) is 5.80. The summed E-state index contributed by atoms with van der Waals surface area (Å²) < 4.78 is 9.56. The Morgan fingerprint density at radius 1 is 0.943 bits per heavy atom. The van der Waals surface area contributed by atoms with Crippen molar-refractivity contribution in [2.45, 2.75) is 32.2 Å². The fourth-order valence-corrected chi connectivity index (χ4v) is 4.89. The van der Waals surface area contributed by atoms with Crippen LogP contribution in [0.2, 0.25) is 0 Å². The number of ether oxygens (including phenoxy) is 1. The SMILES string of the molecule is COc1nc(-c2nc3n(n2)CCCC3c2ccccc2-c2ccccc2)ccc1-n1cnc(C)c1. The van der Waals surface area contributed by atoms with Gasteiger partial charge in [0.15, 0.2) is 5.82 Å². The van der Waals surface area contributed by atoms with Gasteiger partial charge in [0.2, 0.25) is 5.88 Å². The summed E-state index contributed by atoms with van der Waals surface area (Å²) in [6, 6.07) is 23.1. The third-order valence-electron chi connectivity index (χ3n) is 6.55. The zero-order valence-electron chi connectivity index (χ0n) is 19.8. The van der Waals surface area contributed by atoms with Crippen molar-refractivity contribution in [1.29, 1.82) is 0 Å². The van der Waals surface area contributed by atoms with Crippen LogP contribution in [0.1, 0.15) is 35.8 Å². The van der Waals surface area contributed by atoms with Crippen LogP contribution in [-0.4, -0.2) is 36.4 Å². The standard InChI is InChI=1S/C28H26N6O/c1-19-17-33(18-29-19)25-15-14-24(30-28(25)35-2)26-31-27-23(13-8-16-34(27)32-26)22-12-7-6-11-21(22)20-9-4-3-5-10-20/h3-7,9-12,14-15,17-18,23H,8,13,16H2,1-2H3. The number of rotatable bonds is 5. The second-order valence-corrected chi connectivity index (χ2v) is 8.81. The predicted molar refractivity (Wildman–Crippen MR) is 135 cm³/mol. The molecule has 0 spiro atoms. The molecule has 3 aromatic heterocycles. The van der Waals surface area contributed by atoms with Gasteiger partial charge in [0, 0.05) is 18.7 Å². The summed E-state index contributed by atoms with van der Waals surface area (Å²) in [7, 11) is 1.63. The predicted octanol–water partition coefficient (Wildman–Crippen LogP) is 5.44. The second kappa shape index (κ2) is 8.83. The first-order valence-corrected chi connectivity index (χ1v) is 11.9. The number of aromatic nitrogens is 6. The van der Waals surface area contributed by atoms with Gasteiger partial charge in [0.25, 0.3) is 0 Å². The van der Waals surface area contributed by atoms with Crippen molar-refractivity contribution in [1.82, 2.24) is 29.3 Å². The van der Waals surface area contributed by atoms with Gasteiger partial charge in [0.1, 0.15) is 17.2 Å². The molecular weight excluding hydrogens is 436 g/mol. The number of aryl methyl sites for hydroxylation is 2. The Labute approximate surface area is 204 Å². The zero-order chi connectivity index (χ0) is 23.8. The quantitative estimate of drug-likeness (QED) is 0.348. The van der Waals surface area contributed by atoms with Gasteiger partial charge in [0.05, 0.1) is 19.1 Å². The van der Waals surface area contributed by atoms with Crippen molar-refractivity contribution >= 4 is 0 Å². The van der Waals surface area contributed by atoms with Gasteiger partial charge in [-0.15, -0.1) is 5.10 Å². The minimum Gasteiger partial charge on any atom is -0.479 e. The van der Waals surface area contributed by atoms with Gasteiger partial charge in [-0.1, -0.05) is 54.6 Å². The van der Waals surface area contributed by atoms with Gasteiger partial charge in [-0.2, -0.15) is 0 Å². The highest BCUT2D eigenvalue weighted by Gasteiger charge is 2.28. The fraction of sp³-hybridized carbons (Fsp3) is 0.214. The molecule has 0 fully saturated rings. The van der Waals surface area contributed by atoms with Gasteiger partial charge >= 0.3 is 0 Å². The van der Waals surface area contributed by atoms with Crippen LogP contribution < -0.4 is 4.74 Å². The van der Waals surface area contributed by atoms with E-state index in [-0.39, 0.29) is 5.92 Å². The van der Waals surface area contributed by atoms with E-state index in [1.54, 1.807) is 13.4 Å². The highest BCUT2D eigenvalue weighted by Crippen LogP contribution is 2.38. The molecule has 35 heavy (non-hydrogen) atoms. The lowest BCUT2D eigenvalue weighted by Crippen LogP contribution is -2.18. The molecular formula is C28H26N6O. The minimum atomic E-state index is 0.177. The van der Waals surface area contributed by atoms with E-state index in [1.807, 2.05) is 34.5 Å². The van der Waals surface area contributed by atoms with E-state index in [0.29, 0.717) is 17.4 Å². The number of nitrogens with zero attached hydrogens (tertiary/aromatic N) is 6. The summed E-state index contributed by atoms with van der Waals surface area (Å²) in [5, 5.41) is 4.85. The molecule has 0 N–H and O–H groups in total. The summed E-state index contributed by atoms with van der Waals surface area (Å²) >= 11 is 0. The number of hydrogen-bond acceptors (Lipinski definition) is 5. The summed E-state index contributed by atoms with van der Waals surface area (Å²) in [6.45, 7) is 2.81.